The predicted octanol–water partition coefficient (Wildman–Crippen LogP) is 1.37. The molecule has 0 radical (unpaired) electrons. The number of carbonyl (C=O) groups excluding carboxylic acids is 2. The van der Waals surface area contributed by atoms with Gasteiger partial charge in [-0.05, 0) is 31.2 Å². The van der Waals surface area contributed by atoms with Crippen LogP contribution in [0.1, 0.15) is 30.1 Å². The molecule has 1 aliphatic heterocycles. The molecule has 7 heteroatoms. The van der Waals surface area contributed by atoms with E-state index in [0.29, 0.717) is 43.2 Å². The van der Waals surface area contributed by atoms with Crippen molar-refractivity contribution in [2.45, 2.75) is 25.3 Å². The number of nitrogens with two attached hydrogens (primary N) is 1. The molecule has 0 aliphatic carbocycles. The van der Waals surface area contributed by atoms with E-state index in [0.717, 1.165) is 0 Å². The summed E-state index contributed by atoms with van der Waals surface area (Å²) in [7, 11) is 0. The van der Waals surface area contributed by atoms with Gasteiger partial charge >= 0.3 is 5.97 Å². The SMILES string of the molecule is CCOC(=O)c1ccsc1NC(=O)C1(N)CCOCC1. The lowest BCUT2D eigenvalue weighted by atomic mass is 9.90. The van der Waals surface area contributed by atoms with Crippen molar-refractivity contribution in [2.24, 2.45) is 5.73 Å². The molecule has 0 spiro atoms. The molecule has 1 aromatic rings. The minimum absolute atomic E-state index is 0.284. The van der Waals surface area contributed by atoms with Crippen LogP contribution < -0.4 is 11.1 Å². The van der Waals surface area contributed by atoms with Gasteiger partial charge in [-0.1, -0.05) is 0 Å². The Bertz CT molecular complexity index is 494. The molecule has 1 fully saturated rings. The van der Waals surface area contributed by atoms with Gasteiger partial charge in [0.05, 0.1) is 12.2 Å². The maximum atomic E-state index is 12.3. The van der Waals surface area contributed by atoms with E-state index in [2.05, 4.69) is 5.32 Å². The average molecular weight is 298 g/mol. The first-order chi connectivity index (χ1) is 9.57. The highest BCUT2D eigenvalue weighted by atomic mass is 32.1. The summed E-state index contributed by atoms with van der Waals surface area (Å²) in [4.78, 5) is 24.0. The summed E-state index contributed by atoms with van der Waals surface area (Å²) in [6.07, 6.45) is 0.942. The third-order valence-electron chi connectivity index (χ3n) is 3.22. The Hall–Kier alpha value is -1.44. The van der Waals surface area contributed by atoms with E-state index in [1.165, 1.54) is 11.3 Å². The second-order valence-electron chi connectivity index (χ2n) is 4.61. The second kappa shape index (κ2) is 6.34. The van der Waals surface area contributed by atoms with Gasteiger partial charge in [-0.15, -0.1) is 11.3 Å². The highest BCUT2D eigenvalue weighted by molar-refractivity contribution is 7.14. The lowest BCUT2D eigenvalue weighted by Crippen LogP contribution is -2.54. The molecule has 20 heavy (non-hydrogen) atoms. The van der Waals surface area contributed by atoms with Gasteiger partial charge in [-0.3, -0.25) is 4.79 Å². The van der Waals surface area contributed by atoms with Crippen molar-refractivity contribution in [3.8, 4) is 0 Å². The molecule has 2 heterocycles. The van der Waals surface area contributed by atoms with Crippen molar-refractivity contribution in [1.29, 1.82) is 0 Å². The minimum Gasteiger partial charge on any atom is -0.462 e. The van der Waals surface area contributed by atoms with Crippen LogP contribution in [-0.4, -0.2) is 37.2 Å². The first kappa shape index (κ1) is 15.0. The first-order valence-electron chi connectivity index (χ1n) is 6.49. The second-order valence-corrected chi connectivity index (χ2v) is 5.52. The zero-order chi connectivity index (χ0) is 14.6. The van der Waals surface area contributed by atoms with Crippen LogP contribution in [-0.2, 0) is 14.3 Å². The maximum Gasteiger partial charge on any atom is 0.341 e. The molecule has 110 valence electrons. The topological polar surface area (TPSA) is 90.7 Å². The number of anilines is 1. The highest BCUT2D eigenvalue weighted by Crippen LogP contribution is 2.27. The van der Waals surface area contributed by atoms with Crippen LogP contribution in [0.2, 0.25) is 0 Å². The van der Waals surface area contributed by atoms with Crippen LogP contribution in [0, 0.1) is 0 Å². The third kappa shape index (κ3) is 3.17. The van der Waals surface area contributed by atoms with E-state index < -0.39 is 11.5 Å². The van der Waals surface area contributed by atoms with Crippen molar-refractivity contribution < 1.29 is 19.1 Å². The quantitative estimate of drug-likeness (QED) is 0.819. The summed E-state index contributed by atoms with van der Waals surface area (Å²) < 4.78 is 10.2. The number of amides is 1. The number of hydrogen-bond acceptors (Lipinski definition) is 6. The van der Waals surface area contributed by atoms with Crippen molar-refractivity contribution in [3.63, 3.8) is 0 Å². The van der Waals surface area contributed by atoms with Crippen LogP contribution in [0.5, 0.6) is 0 Å². The number of esters is 1. The fraction of sp³-hybridized carbons (Fsp3) is 0.538. The Labute approximate surface area is 121 Å². The molecule has 1 saturated heterocycles. The summed E-state index contributed by atoms with van der Waals surface area (Å²) >= 11 is 1.28. The Kier molecular flexibility index (Phi) is 4.74. The molecule has 1 aromatic heterocycles. The normalized spacial score (nSPS) is 17.5. The zero-order valence-electron chi connectivity index (χ0n) is 11.3. The molecule has 0 saturated carbocycles. The monoisotopic (exact) mass is 298 g/mol. The van der Waals surface area contributed by atoms with E-state index in [1.807, 2.05) is 0 Å². The number of hydrogen-bond donors (Lipinski definition) is 2. The first-order valence-corrected chi connectivity index (χ1v) is 7.37. The van der Waals surface area contributed by atoms with Crippen LogP contribution in [0.25, 0.3) is 0 Å². The number of carbonyl (C=O) groups is 2. The summed E-state index contributed by atoms with van der Waals surface area (Å²) in [6.45, 7) is 2.97. The Morgan fingerprint density at radius 3 is 2.85 bits per heavy atom. The molecular formula is C13H18N2O4S. The number of nitrogens with one attached hydrogen (secondary N) is 1. The van der Waals surface area contributed by atoms with Gasteiger partial charge in [0.15, 0.2) is 0 Å². The van der Waals surface area contributed by atoms with Crippen LogP contribution in [0.3, 0.4) is 0 Å². The molecule has 1 amide bonds. The van der Waals surface area contributed by atoms with Gasteiger partial charge in [-0.25, -0.2) is 4.79 Å². The van der Waals surface area contributed by atoms with Crippen molar-refractivity contribution >= 4 is 28.2 Å². The highest BCUT2D eigenvalue weighted by Gasteiger charge is 2.36. The molecule has 3 N–H and O–H groups in total. The molecule has 2 rings (SSSR count). The molecule has 0 bridgehead atoms. The standard InChI is InChI=1S/C13H18N2O4S/c1-2-19-11(16)9-3-8-20-10(9)15-12(17)13(14)4-6-18-7-5-13/h3,8H,2,4-7,14H2,1H3,(H,15,17). The van der Waals surface area contributed by atoms with Crippen molar-refractivity contribution in [3.05, 3.63) is 17.0 Å². The molecular weight excluding hydrogens is 280 g/mol. The van der Waals surface area contributed by atoms with E-state index in [-0.39, 0.29) is 5.91 Å². The summed E-state index contributed by atoms with van der Waals surface area (Å²) in [5, 5.41) is 4.95. The Balaban J connectivity index is 2.08. The summed E-state index contributed by atoms with van der Waals surface area (Å²) in [5.74, 6) is -0.726. The van der Waals surface area contributed by atoms with Crippen molar-refractivity contribution in [2.75, 3.05) is 25.1 Å². The van der Waals surface area contributed by atoms with Crippen molar-refractivity contribution in [1.82, 2.24) is 0 Å². The van der Waals surface area contributed by atoms with Gasteiger partial charge in [0.25, 0.3) is 0 Å². The lowest BCUT2D eigenvalue weighted by molar-refractivity contribution is -0.124. The van der Waals surface area contributed by atoms with Gasteiger partial charge in [0.2, 0.25) is 5.91 Å². The van der Waals surface area contributed by atoms with E-state index in [4.69, 9.17) is 15.2 Å². The average Bonchev–Trinajstić information content (AvgIpc) is 2.88. The number of ether oxygens (including phenoxy) is 2. The summed E-state index contributed by atoms with van der Waals surface area (Å²) in [5.41, 5.74) is 5.53. The fourth-order valence-electron chi connectivity index (χ4n) is 1.97. The smallest absolute Gasteiger partial charge is 0.341 e. The molecule has 0 unspecified atom stereocenters. The van der Waals surface area contributed by atoms with Gasteiger partial charge in [-0.2, -0.15) is 0 Å². The number of rotatable bonds is 4. The Morgan fingerprint density at radius 2 is 2.20 bits per heavy atom. The molecule has 0 aromatic carbocycles. The molecule has 6 nitrogen and oxygen atoms in total. The van der Waals surface area contributed by atoms with E-state index in [1.54, 1.807) is 18.4 Å². The van der Waals surface area contributed by atoms with Gasteiger partial charge in [0.1, 0.15) is 10.5 Å². The predicted molar refractivity (Wildman–Crippen MR) is 75.9 cm³/mol. The minimum atomic E-state index is -0.936. The largest absolute Gasteiger partial charge is 0.462 e. The van der Waals surface area contributed by atoms with Gasteiger partial charge in [0, 0.05) is 13.2 Å². The lowest BCUT2D eigenvalue weighted by Gasteiger charge is -2.31. The number of thiophene rings is 1. The summed E-state index contributed by atoms with van der Waals surface area (Å²) in [6, 6.07) is 1.63. The van der Waals surface area contributed by atoms with E-state index >= 15 is 0 Å². The Morgan fingerprint density at radius 1 is 1.50 bits per heavy atom. The fourth-order valence-corrected chi connectivity index (χ4v) is 2.74. The molecule has 1 aliphatic rings. The van der Waals surface area contributed by atoms with E-state index in [9.17, 15) is 9.59 Å². The van der Waals surface area contributed by atoms with Crippen LogP contribution in [0.4, 0.5) is 5.00 Å². The van der Waals surface area contributed by atoms with Gasteiger partial charge < -0.3 is 20.5 Å². The zero-order valence-corrected chi connectivity index (χ0v) is 12.1. The van der Waals surface area contributed by atoms with Crippen LogP contribution >= 0.6 is 11.3 Å². The third-order valence-corrected chi connectivity index (χ3v) is 4.05. The maximum absolute atomic E-state index is 12.3. The van der Waals surface area contributed by atoms with Crippen LogP contribution in [0.15, 0.2) is 11.4 Å². The molecule has 0 atom stereocenters.